The second-order valence-electron chi connectivity index (χ2n) is 2.83. The molecule has 0 aliphatic carbocycles. The molecule has 1 atom stereocenters. The van der Waals surface area contributed by atoms with Gasteiger partial charge in [-0.05, 0) is 19.1 Å². The number of aryl methyl sites for hydroxylation is 1. The minimum absolute atomic E-state index is 0.299. The molecule has 0 bridgehead atoms. The number of furan rings is 1. The van der Waals surface area contributed by atoms with Crippen molar-refractivity contribution in [1.82, 2.24) is 0 Å². The molecule has 3 nitrogen and oxygen atoms in total. The van der Waals surface area contributed by atoms with E-state index in [2.05, 4.69) is 0 Å². The van der Waals surface area contributed by atoms with E-state index in [9.17, 15) is 5.11 Å². The maximum Gasteiger partial charge on any atom is 0.135 e. The van der Waals surface area contributed by atoms with E-state index in [0.717, 1.165) is 12.2 Å². The Kier molecular flexibility index (Phi) is 3.99. The molecule has 1 aromatic heterocycles. The molecule has 0 saturated carbocycles. The molecule has 0 aliphatic rings. The predicted octanol–water partition coefficient (Wildman–Crippen LogP) is 1.91. The highest BCUT2D eigenvalue weighted by atomic mass is 16.5. The summed E-state index contributed by atoms with van der Waals surface area (Å²) in [6.07, 6.45) is 0.210. The van der Waals surface area contributed by atoms with E-state index in [4.69, 9.17) is 9.15 Å². The van der Waals surface area contributed by atoms with E-state index in [1.54, 1.807) is 6.07 Å². The van der Waals surface area contributed by atoms with E-state index in [-0.39, 0.29) is 0 Å². The van der Waals surface area contributed by atoms with Crippen LogP contribution in [0.5, 0.6) is 0 Å². The smallest absolute Gasteiger partial charge is 0.135 e. The Morgan fingerprint density at radius 3 is 2.77 bits per heavy atom. The molecule has 0 amide bonds. The Balaban J connectivity index is 2.50. The number of rotatable bonds is 5. The first-order valence-electron chi connectivity index (χ1n) is 4.62. The summed E-state index contributed by atoms with van der Waals surface area (Å²) < 4.78 is 10.4. The molecule has 0 spiro atoms. The fraction of sp³-hybridized carbons (Fsp3) is 0.600. The Labute approximate surface area is 78.3 Å². The molecule has 1 heterocycles. The molecule has 0 radical (unpaired) electrons. The van der Waals surface area contributed by atoms with Crippen molar-refractivity contribution in [1.29, 1.82) is 0 Å². The van der Waals surface area contributed by atoms with Crippen molar-refractivity contribution in [3.63, 3.8) is 0 Å². The standard InChI is InChI=1S/C10H16O3/c1-3-8-5-6-10(13-8)9(11)7-12-4-2/h5-6,9,11H,3-4,7H2,1-2H3. The summed E-state index contributed by atoms with van der Waals surface area (Å²) in [4.78, 5) is 0. The number of hydrogen-bond donors (Lipinski definition) is 1. The normalized spacial score (nSPS) is 13.2. The second-order valence-corrected chi connectivity index (χ2v) is 2.83. The molecule has 74 valence electrons. The summed E-state index contributed by atoms with van der Waals surface area (Å²) in [6, 6.07) is 3.67. The lowest BCUT2D eigenvalue weighted by atomic mass is 10.3. The van der Waals surface area contributed by atoms with Crippen LogP contribution in [0.1, 0.15) is 31.5 Å². The molecule has 3 heteroatoms. The van der Waals surface area contributed by atoms with Gasteiger partial charge in [-0.1, -0.05) is 6.92 Å². The van der Waals surface area contributed by atoms with Gasteiger partial charge in [-0.15, -0.1) is 0 Å². The van der Waals surface area contributed by atoms with E-state index >= 15 is 0 Å². The molecule has 13 heavy (non-hydrogen) atoms. The average molecular weight is 184 g/mol. The molecule has 0 aliphatic heterocycles. The van der Waals surface area contributed by atoms with Gasteiger partial charge in [-0.25, -0.2) is 0 Å². The van der Waals surface area contributed by atoms with Crippen LogP contribution in [0, 0.1) is 0 Å². The van der Waals surface area contributed by atoms with Crippen molar-refractivity contribution >= 4 is 0 Å². The molecule has 0 fully saturated rings. The first kappa shape index (κ1) is 10.3. The summed E-state index contributed by atoms with van der Waals surface area (Å²) in [5.41, 5.74) is 0. The third kappa shape index (κ3) is 2.86. The number of aliphatic hydroxyl groups is 1. The first-order valence-corrected chi connectivity index (χ1v) is 4.62. The van der Waals surface area contributed by atoms with Crippen molar-refractivity contribution in [2.24, 2.45) is 0 Å². The quantitative estimate of drug-likeness (QED) is 0.760. The Morgan fingerprint density at radius 1 is 1.46 bits per heavy atom. The zero-order valence-electron chi connectivity index (χ0n) is 8.12. The Morgan fingerprint density at radius 2 is 2.23 bits per heavy atom. The van der Waals surface area contributed by atoms with Crippen LogP contribution >= 0.6 is 0 Å². The summed E-state index contributed by atoms with van der Waals surface area (Å²) in [6.45, 7) is 4.81. The molecule has 1 unspecified atom stereocenters. The van der Waals surface area contributed by atoms with Crippen LogP contribution in [-0.2, 0) is 11.2 Å². The van der Waals surface area contributed by atoms with Crippen LogP contribution in [0.4, 0.5) is 0 Å². The average Bonchev–Trinajstić information content (AvgIpc) is 2.62. The van der Waals surface area contributed by atoms with Crippen molar-refractivity contribution in [3.05, 3.63) is 23.7 Å². The zero-order valence-corrected chi connectivity index (χ0v) is 8.12. The second kappa shape index (κ2) is 5.04. The van der Waals surface area contributed by atoms with Crippen LogP contribution < -0.4 is 0 Å². The maximum absolute atomic E-state index is 9.54. The lowest BCUT2D eigenvalue weighted by Gasteiger charge is -2.06. The summed E-state index contributed by atoms with van der Waals surface area (Å²) in [5, 5.41) is 9.54. The molecular weight excluding hydrogens is 168 g/mol. The first-order chi connectivity index (χ1) is 6.27. The third-order valence-electron chi connectivity index (χ3n) is 1.84. The molecule has 1 N–H and O–H groups in total. The maximum atomic E-state index is 9.54. The SMILES string of the molecule is CCOCC(O)c1ccc(CC)o1. The van der Waals surface area contributed by atoms with E-state index in [1.807, 2.05) is 19.9 Å². The van der Waals surface area contributed by atoms with Gasteiger partial charge in [0.25, 0.3) is 0 Å². The molecule has 1 aromatic rings. The number of ether oxygens (including phenoxy) is 1. The topological polar surface area (TPSA) is 42.6 Å². The summed E-state index contributed by atoms with van der Waals surface area (Å²) >= 11 is 0. The lowest BCUT2D eigenvalue weighted by Crippen LogP contribution is -2.05. The van der Waals surface area contributed by atoms with Gasteiger partial charge in [-0.3, -0.25) is 0 Å². The monoisotopic (exact) mass is 184 g/mol. The van der Waals surface area contributed by atoms with E-state index in [1.165, 1.54) is 0 Å². The highest BCUT2D eigenvalue weighted by Crippen LogP contribution is 2.16. The van der Waals surface area contributed by atoms with Crippen molar-refractivity contribution in [2.75, 3.05) is 13.2 Å². The van der Waals surface area contributed by atoms with Crippen LogP contribution in [0.2, 0.25) is 0 Å². The Bertz CT molecular complexity index is 242. The van der Waals surface area contributed by atoms with Crippen molar-refractivity contribution in [2.45, 2.75) is 26.4 Å². The van der Waals surface area contributed by atoms with Gasteiger partial charge >= 0.3 is 0 Å². The molecule has 1 rings (SSSR count). The van der Waals surface area contributed by atoms with Gasteiger partial charge < -0.3 is 14.3 Å². The van der Waals surface area contributed by atoms with E-state index < -0.39 is 6.10 Å². The van der Waals surface area contributed by atoms with Crippen LogP contribution in [-0.4, -0.2) is 18.3 Å². The lowest BCUT2D eigenvalue weighted by molar-refractivity contribution is 0.0298. The molecular formula is C10H16O3. The van der Waals surface area contributed by atoms with Gasteiger partial charge in [0, 0.05) is 13.0 Å². The predicted molar refractivity (Wildman–Crippen MR) is 49.5 cm³/mol. The van der Waals surface area contributed by atoms with Gasteiger partial charge in [0.05, 0.1) is 6.61 Å². The van der Waals surface area contributed by atoms with Crippen molar-refractivity contribution in [3.8, 4) is 0 Å². The highest BCUT2D eigenvalue weighted by molar-refractivity contribution is 5.09. The minimum atomic E-state index is -0.639. The minimum Gasteiger partial charge on any atom is -0.463 e. The Hall–Kier alpha value is -0.800. The van der Waals surface area contributed by atoms with Crippen LogP contribution in [0.3, 0.4) is 0 Å². The van der Waals surface area contributed by atoms with Gasteiger partial charge in [-0.2, -0.15) is 0 Å². The molecule has 0 aromatic carbocycles. The van der Waals surface area contributed by atoms with Gasteiger partial charge in [0.1, 0.15) is 17.6 Å². The number of hydrogen-bond acceptors (Lipinski definition) is 3. The largest absolute Gasteiger partial charge is 0.463 e. The fourth-order valence-electron chi connectivity index (χ4n) is 1.08. The van der Waals surface area contributed by atoms with Gasteiger partial charge in [0.2, 0.25) is 0 Å². The fourth-order valence-corrected chi connectivity index (χ4v) is 1.08. The third-order valence-corrected chi connectivity index (χ3v) is 1.84. The van der Waals surface area contributed by atoms with Crippen molar-refractivity contribution < 1.29 is 14.3 Å². The highest BCUT2D eigenvalue weighted by Gasteiger charge is 2.11. The molecule has 0 saturated heterocycles. The zero-order chi connectivity index (χ0) is 9.68. The van der Waals surface area contributed by atoms with Crippen LogP contribution in [0.15, 0.2) is 16.5 Å². The van der Waals surface area contributed by atoms with Gasteiger partial charge in [0.15, 0.2) is 0 Å². The number of aliphatic hydroxyl groups excluding tert-OH is 1. The van der Waals surface area contributed by atoms with E-state index in [0.29, 0.717) is 19.0 Å². The summed E-state index contributed by atoms with van der Waals surface area (Å²) in [5.74, 6) is 1.48. The summed E-state index contributed by atoms with van der Waals surface area (Å²) in [7, 11) is 0. The van der Waals surface area contributed by atoms with Crippen LogP contribution in [0.25, 0.3) is 0 Å².